The van der Waals surface area contributed by atoms with Crippen LogP contribution in [-0.4, -0.2) is 43.0 Å². The molecule has 12 heteroatoms. The minimum Gasteiger partial charge on any atom is -0.481 e. The SMILES string of the molecule is CCOP(=O)(OCC)C(NCc1ccccc1)c1cccc(OCC#Cc2cccc(CC(NC(=O)Nc3ccc(F)cc3)C(=O)O)c2)c1. The number of carboxylic acid groups (broad SMARTS) is 1. The molecule has 256 valence electrons. The third-order valence-electron chi connectivity index (χ3n) is 7.07. The van der Waals surface area contributed by atoms with E-state index >= 15 is 0 Å². The highest BCUT2D eigenvalue weighted by Gasteiger charge is 2.37. The molecule has 0 heterocycles. The Hall–Kier alpha value is -4.98. The number of amides is 2. The summed E-state index contributed by atoms with van der Waals surface area (Å²) in [5, 5.41) is 18.0. The fourth-order valence-electron chi connectivity index (χ4n) is 4.87. The summed E-state index contributed by atoms with van der Waals surface area (Å²) in [5.74, 6) is 4.09. The highest BCUT2D eigenvalue weighted by molar-refractivity contribution is 7.54. The van der Waals surface area contributed by atoms with Crippen molar-refractivity contribution in [2.45, 2.75) is 38.6 Å². The lowest BCUT2D eigenvalue weighted by atomic mass is 10.0. The van der Waals surface area contributed by atoms with Gasteiger partial charge in [0.15, 0.2) is 0 Å². The highest BCUT2D eigenvalue weighted by atomic mass is 31.2. The topological polar surface area (TPSA) is 135 Å². The van der Waals surface area contributed by atoms with Crippen LogP contribution in [0, 0.1) is 17.7 Å². The normalized spacial score (nSPS) is 12.2. The van der Waals surface area contributed by atoms with Crippen molar-refractivity contribution >= 4 is 25.3 Å². The first-order valence-corrected chi connectivity index (χ1v) is 17.3. The van der Waals surface area contributed by atoms with Gasteiger partial charge in [0.25, 0.3) is 0 Å². The van der Waals surface area contributed by atoms with E-state index in [-0.39, 0.29) is 26.2 Å². The average Bonchev–Trinajstić information content (AvgIpc) is 3.08. The summed E-state index contributed by atoms with van der Waals surface area (Å²) < 4.78 is 44.3. The van der Waals surface area contributed by atoms with Gasteiger partial charge in [-0.25, -0.2) is 14.0 Å². The largest absolute Gasteiger partial charge is 0.481 e. The van der Waals surface area contributed by atoms with Gasteiger partial charge in [-0.05, 0) is 79.1 Å². The number of halogens is 1. The Morgan fingerprint density at radius 2 is 1.57 bits per heavy atom. The van der Waals surface area contributed by atoms with Crippen LogP contribution in [0.1, 0.15) is 41.9 Å². The van der Waals surface area contributed by atoms with E-state index in [4.69, 9.17) is 13.8 Å². The molecule has 2 amide bonds. The summed E-state index contributed by atoms with van der Waals surface area (Å²) in [6.45, 7) is 4.46. The van der Waals surface area contributed by atoms with Crippen LogP contribution in [0.3, 0.4) is 0 Å². The standard InChI is InChI=1S/C37H39FN3O7P/c1-3-47-49(45,48-4-2)35(39-26-28-11-6-5-7-12-28)30-16-9-17-33(25-30)46-22-10-15-27-13-8-14-29(23-27)24-34(36(42)43)41-37(44)40-32-20-18-31(38)19-21-32/h5-9,11-14,16-21,23,25,34-35,39H,3-4,22,24,26H2,1-2H3,(H,42,43)(H2,40,41,44). The van der Waals surface area contributed by atoms with Crippen LogP contribution < -0.4 is 20.7 Å². The van der Waals surface area contributed by atoms with Crippen molar-refractivity contribution in [3.63, 3.8) is 0 Å². The first-order chi connectivity index (χ1) is 23.7. The fourth-order valence-corrected chi connectivity index (χ4v) is 6.80. The van der Waals surface area contributed by atoms with E-state index in [0.29, 0.717) is 34.7 Å². The molecule has 4 rings (SSSR count). The molecule has 10 nitrogen and oxygen atoms in total. The maximum Gasteiger partial charge on any atom is 0.351 e. The third kappa shape index (κ3) is 11.6. The predicted octanol–water partition coefficient (Wildman–Crippen LogP) is 7.13. The Morgan fingerprint density at radius 3 is 2.27 bits per heavy atom. The summed E-state index contributed by atoms with van der Waals surface area (Å²) in [5.41, 5.74) is 3.30. The Labute approximate surface area is 285 Å². The Morgan fingerprint density at radius 1 is 0.878 bits per heavy atom. The summed E-state index contributed by atoms with van der Waals surface area (Å²) in [6, 6.07) is 27.1. The lowest BCUT2D eigenvalue weighted by Crippen LogP contribution is -2.44. The van der Waals surface area contributed by atoms with Gasteiger partial charge in [0, 0.05) is 24.2 Å². The molecule has 49 heavy (non-hydrogen) atoms. The van der Waals surface area contributed by atoms with E-state index < -0.39 is 37.2 Å². The van der Waals surface area contributed by atoms with Gasteiger partial charge in [0.1, 0.15) is 30.0 Å². The number of nitrogens with one attached hydrogen (secondary N) is 3. The van der Waals surface area contributed by atoms with Crippen molar-refractivity contribution in [3.8, 4) is 17.6 Å². The number of hydrogen-bond donors (Lipinski definition) is 4. The smallest absolute Gasteiger partial charge is 0.351 e. The van der Waals surface area contributed by atoms with Crippen LogP contribution in [0.25, 0.3) is 0 Å². The molecular formula is C37H39FN3O7P. The molecule has 4 aromatic carbocycles. The van der Waals surface area contributed by atoms with Crippen molar-refractivity contribution < 1.29 is 37.4 Å². The molecule has 0 radical (unpaired) electrons. The number of hydrogen-bond acceptors (Lipinski definition) is 7. The summed E-state index contributed by atoms with van der Waals surface area (Å²) in [6.07, 6.45) is 0.0117. The van der Waals surface area contributed by atoms with Crippen molar-refractivity contribution in [2.75, 3.05) is 25.1 Å². The monoisotopic (exact) mass is 687 g/mol. The minimum absolute atomic E-state index is 0.0117. The predicted molar refractivity (Wildman–Crippen MR) is 186 cm³/mol. The van der Waals surface area contributed by atoms with Crippen molar-refractivity contribution in [1.82, 2.24) is 10.6 Å². The first-order valence-electron chi connectivity index (χ1n) is 15.7. The highest BCUT2D eigenvalue weighted by Crippen LogP contribution is 2.59. The zero-order chi connectivity index (χ0) is 35.1. The number of ether oxygens (including phenoxy) is 1. The molecule has 2 atom stereocenters. The maximum absolute atomic E-state index is 13.9. The maximum atomic E-state index is 13.9. The second-order valence-electron chi connectivity index (χ2n) is 10.7. The van der Waals surface area contributed by atoms with Gasteiger partial charge >= 0.3 is 19.6 Å². The molecule has 0 bridgehead atoms. The van der Waals surface area contributed by atoms with E-state index in [1.165, 1.54) is 24.3 Å². The fraction of sp³-hybridized carbons (Fsp3) is 0.243. The van der Waals surface area contributed by atoms with Gasteiger partial charge in [-0.1, -0.05) is 66.4 Å². The van der Waals surface area contributed by atoms with Gasteiger partial charge in [-0.2, -0.15) is 0 Å². The molecule has 0 aliphatic heterocycles. The van der Waals surface area contributed by atoms with Crippen LogP contribution in [0.15, 0.2) is 103 Å². The number of rotatable bonds is 16. The van der Waals surface area contributed by atoms with E-state index in [0.717, 1.165) is 5.56 Å². The van der Waals surface area contributed by atoms with E-state index in [1.807, 2.05) is 36.4 Å². The lowest BCUT2D eigenvalue weighted by Gasteiger charge is -2.28. The van der Waals surface area contributed by atoms with Crippen LogP contribution in [0.4, 0.5) is 14.9 Å². The first kappa shape index (κ1) is 36.8. The van der Waals surface area contributed by atoms with E-state index in [1.54, 1.807) is 56.3 Å². The Bertz CT molecular complexity index is 1790. The quantitative estimate of drug-likeness (QED) is 0.0722. The van der Waals surface area contributed by atoms with Gasteiger partial charge in [0.05, 0.1) is 13.2 Å². The number of urea groups is 1. The second-order valence-corrected chi connectivity index (χ2v) is 12.8. The molecule has 4 N–H and O–H groups in total. The van der Waals surface area contributed by atoms with Gasteiger partial charge in [0.2, 0.25) is 0 Å². The minimum atomic E-state index is -3.60. The molecule has 0 saturated carbocycles. The number of carbonyl (C=O) groups is 2. The van der Waals surface area contributed by atoms with Crippen LogP contribution in [-0.2, 0) is 31.4 Å². The Balaban J connectivity index is 1.40. The molecule has 0 aromatic heterocycles. The molecule has 0 fully saturated rings. The van der Waals surface area contributed by atoms with Crippen LogP contribution in [0.5, 0.6) is 5.75 Å². The Kier molecular flexibility index (Phi) is 13.9. The number of aliphatic carboxylic acids is 1. The molecule has 0 saturated heterocycles. The molecule has 0 aliphatic carbocycles. The molecular weight excluding hydrogens is 648 g/mol. The second kappa shape index (κ2) is 18.5. The number of benzene rings is 4. The third-order valence-corrected chi connectivity index (χ3v) is 9.42. The van der Waals surface area contributed by atoms with Gasteiger partial charge in [-0.15, -0.1) is 0 Å². The van der Waals surface area contributed by atoms with E-state index in [9.17, 15) is 23.7 Å². The lowest BCUT2D eigenvalue weighted by molar-refractivity contribution is -0.139. The van der Waals surface area contributed by atoms with Crippen molar-refractivity contribution in [2.24, 2.45) is 0 Å². The molecule has 0 aliphatic rings. The molecule has 4 aromatic rings. The zero-order valence-corrected chi connectivity index (χ0v) is 28.1. The summed E-state index contributed by atoms with van der Waals surface area (Å²) >= 11 is 0. The number of anilines is 1. The van der Waals surface area contributed by atoms with Crippen LogP contribution >= 0.6 is 7.60 Å². The van der Waals surface area contributed by atoms with E-state index in [2.05, 4.69) is 27.8 Å². The summed E-state index contributed by atoms with van der Waals surface area (Å²) in [7, 11) is -3.60. The van der Waals surface area contributed by atoms with Gasteiger partial charge < -0.3 is 29.5 Å². The van der Waals surface area contributed by atoms with Crippen LogP contribution in [0.2, 0.25) is 0 Å². The van der Waals surface area contributed by atoms with Crippen molar-refractivity contribution in [1.29, 1.82) is 0 Å². The number of carboxylic acids is 1. The summed E-state index contributed by atoms with van der Waals surface area (Å²) in [4.78, 5) is 24.3. The van der Waals surface area contributed by atoms with Gasteiger partial charge in [-0.3, -0.25) is 9.88 Å². The van der Waals surface area contributed by atoms with Crippen molar-refractivity contribution in [3.05, 3.63) is 131 Å². The molecule has 2 unspecified atom stereocenters. The number of carbonyl (C=O) groups excluding carboxylic acids is 1. The average molecular weight is 688 g/mol. The zero-order valence-electron chi connectivity index (χ0n) is 27.2. The molecule has 0 spiro atoms.